The van der Waals surface area contributed by atoms with E-state index in [4.69, 9.17) is 0 Å². The Morgan fingerprint density at radius 3 is 2.88 bits per heavy atom. The highest BCUT2D eigenvalue weighted by atomic mass is 19.1. The summed E-state index contributed by atoms with van der Waals surface area (Å²) in [6, 6.07) is 10.2. The van der Waals surface area contributed by atoms with Gasteiger partial charge in [-0.2, -0.15) is 0 Å². The number of benzene rings is 1. The molecule has 0 saturated carbocycles. The Labute approximate surface area is 99.8 Å². The first-order valence-corrected chi connectivity index (χ1v) is 5.73. The summed E-state index contributed by atoms with van der Waals surface area (Å²) in [5.74, 6) is -0.0857. The Kier molecular flexibility index (Phi) is 2.52. The molecule has 0 saturated heterocycles. The Hall–Kier alpha value is -1.90. The van der Waals surface area contributed by atoms with Gasteiger partial charge in [-0.1, -0.05) is 30.3 Å². The van der Waals surface area contributed by atoms with Crippen molar-refractivity contribution in [2.75, 3.05) is 0 Å². The maximum absolute atomic E-state index is 13.1. The molecule has 1 heterocycles. The van der Waals surface area contributed by atoms with Gasteiger partial charge >= 0.3 is 0 Å². The lowest BCUT2D eigenvalue weighted by Crippen LogP contribution is -2.22. The van der Waals surface area contributed by atoms with Crippen LogP contribution in [-0.4, -0.2) is 17.3 Å². The summed E-state index contributed by atoms with van der Waals surface area (Å²) in [7, 11) is 0. The van der Waals surface area contributed by atoms with E-state index >= 15 is 0 Å². The molecule has 2 nitrogen and oxygen atoms in total. The van der Waals surface area contributed by atoms with Crippen LogP contribution in [0.3, 0.4) is 0 Å². The number of nitrogens with zero attached hydrogens (tertiary/aromatic N) is 2. The SMILES string of the molecule is FC1=CC=C2C(C1)N=CN2Cc1ccccc1. The molecular formula is C14H13FN2. The van der Waals surface area contributed by atoms with Gasteiger partial charge in [0.2, 0.25) is 0 Å². The monoisotopic (exact) mass is 228 g/mol. The van der Waals surface area contributed by atoms with Crippen LogP contribution >= 0.6 is 0 Å². The van der Waals surface area contributed by atoms with E-state index < -0.39 is 0 Å². The summed E-state index contributed by atoms with van der Waals surface area (Å²) in [4.78, 5) is 6.42. The minimum Gasteiger partial charge on any atom is -0.330 e. The van der Waals surface area contributed by atoms with Crippen LogP contribution in [0.1, 0.15) is 12.0 Å². The Balaban J connectivity index is 1.80. The summed E-state index contributed by atoms with van der Waals surface area (Å²) in [5, 5.41) is 0. The van der Waals surface area contributed by atoms with E-state index in [1.807, 2.05) is 30.6 Å². The third-order valence-corrected chi connectivity index (χ3v) is 3.08. The zero-order valence-corrected chi connectivity index (χ0v) is 9.38. The molecule has 3 rings (SSSR count). The van der Waals surface area contributed by atoms with Crippen LogP contribution < -0.4 is 0 Å². The fraction of sp³-hybridized carbons (Fsp3) is 0.214. The highest BCUT2D eigenvalue weighted by molar-refractivity contribution is 5.64. The molecule has 2 aliphatic rings. The third kappa shape index (κ3) is 2.00. The van der Waals surface area contributed by atoms with Gasteiger partial charge in [-0.25, -0.2) is 4.39 Å². The van der Waals surface area contributed by atoms with Crippen LogP contribution in [-0.2, 0) is 6.54 Å². The van der Waals surface area contributed by atoms with Crippen LogP contribution in [0.2, 0.25) is 0 Å². The normalized spacial score (nSPS) is 22.2. The number of halogens is 1. The van der Waals surface area contributed by atoms with Crippen LogP contribution in [0.5, 0.6) is 0 Å². The first-order chi connectivity index (χ1) is 8.33. The minimum absolute atomic E-state index is 0.0243. The molecular weight excluding hydrogens is 215 g/mol. The fourth-order valence-electron chi connectivity index (χ4n) is 2.20. The van der Waals surface area contributed by atoms with Crippen molar-refractivity contribution >= 4 is 6.34 Å². The number of aliphatic imine (C=N–C) groups is 1. The topological polar surface area (TPSA) is 15.6 Å². The maximum atomic E-state index is 13.1. The first-order valence-electron chi connectivity index (χ1n) is 5.73. The maximum Gasteiger partial charge on any atom is 0.103 e. The van der Waals surface area contributed by atoms with Crippen molar-refractivity contribution in [1.82, 2.24) is 4.90 Å². The molecule has 1 aliphatic heterocycles. The van der Waals surface area contributed by atoms with E-state index in [-0.39, 0.29) is 11.9 Å². The molecule has 0 fully saturated rings. The zero-order chi connectivity index (χ0) is 11.7. The molecule has 1 aromatic carbocycles. The summed E-state index contributed by atoms with van der Waals surface area (Å²) in [5.41, 5.74) is 2.32. The summed E-state index contributed by atoms with van der Waals surface area (Å²) >= 11 is 0. The molecule has 0 radical (unpaired) electrons. The molecule has 17 heavy (non-hydrogen) atoms. The highest BCUT2D eigenvalue weighted by Crippen LogP contribution is 2.29. The Morgan fingerprint density at radius 2 is 2.06 bits per heavy atom. The number of hydrogen-bond donors (Lipinski definition) is 0. The fourth-order valence-corrected chi connectivity index (χ4v) is 2.20. The van der Waals surface area contributed by atoms with Gasteiger partial charge in [-0.05, 0) is 17.7 Å². The van der Waals surface area contributed by atoms with Gasteiger partial charge in [-0.15, -0.1) is 0 Å². The van der Waals surface area contributed by atoms with Crippen LogP contribution in [0.15, 0.2) is 59.0 Å². The number of rotatable bonds is 2. The lowest BCUT2D eigenvalue weighted by atomic mass is 10.0. The van der Waals surface area contributed by atoms with Crippen LogP contribution in [0.4, 0.5) is 4.39 Å². The number of fused-ring (bicyclic) bond motifs is 1. The predicted octanol–water partition coefficient (Wildman–Crippen LogP) is 3.04. The van der Waals surface area contributed by atoms with Crippen molar-refractivity contribution in [2.24, 2.45) is 4.99 Å². The highest BCUT2D eigenvalue weighted by Gasteiger charge is 2.27. The molecule has 0 N–H and O–H groups in total. The van der Waals surface area contributed by atoms with Crippen molar-refractivity contribution in [3.8, 4) is 0 Å². The standard InChI is InChI=1S/C14H13FN2/c15-12-6-7-14-13(8-12)16-10-17(14)9-11-4-2-1-3-5-11/h1-7,10,13H,8-9H2. The molecule has 86 valence electrons. The van der Waals surface area contributed by atoms with E-state index in [1.165, 1.54) is 5.56 Å². The van der Waals surface area contributed by atoms with Gasteiger partial charge in [0, 0.05) is 18.7 Å². The third-order valence-electron chi connectivity index (χ3n) is 3.08. The molecule has 3 heteroatoms. The second kappa shape index (κ2) is 4.17. The minimum atomic E-state index is -0.0857. The molecule has 0 spiro atoms. The Bertz CT molecular complexity index is 502. The molecule has 1 unspecified atom stereocenters. The average Bonchev–Trinajstić information content (AvgIpc) is 2.73. The van der Waals surface area contributed by atoms with E-state index in [1.54, 1.807) is 6.08 Å². The van der Waals surface area contributed by atoms with Crippen molar-refractivity contribution < 1.29 is 4.39 Å². The van der Waals surface area contributed by atoms with Crippen LogP contribution in [0, 0.1) is 0 Å². The van der Waals surface area contributed by atoms with Crippen molar-refractivity contribution in [1.29, 1.82) is 0 Å². The predicted molar refractivity (Wildman–Crippen MR) is 66.2 cm³/mol. The van der Waals surface area contributed by atoms with E-state index in [0.29, 0.717) is 6.42 Å². The van der Waals surface area contributed by atoms with Gasteiger partial charge in [0.15, 0.2) is 0 Å². The zero-order valence-electron chi connectivity index (χ0n) is 9.38. The second-order valence-corrected chi connectivity index (χ2v) is 4.30. The Morgan fingerprint density at radius 1 is 1.24 bits per heavy atom. The van der Waals surface area contributed by atoms with E-state index in [9.17, 15) is 4.39 Å². The van der Waals surface area contributed by atoms with Crippen LogP contribution in [0.25, 0.3) is 0 Å². The van der Waals surface area contributed by atoms with Crippen molar-refractivity contribution in [3.63, 3.8) is 0 Å². The molecule has 1 aromatic rings. The quantitative estimate of drug-likeness (QED) is 0.759. The van der Waals surface area contributed by atoms with E-state index in [0.717, 1.165) is 12.2 Å². The average molecular weight is 228 g/mol. The smallest absolute Gasteiger partial charge is 0.103 e. The summed E-state index contributed by atoms with van der Waals surface area (Å²) in [6.07, 6.45) is 5.58. The van der Waals surface area contributed by atoms with Gasteiger partial charge < -0.3 is 4.90 Å². The van der Waals surface area contributed by atoms with Gasteiger partial charge in [-0.3, -0.25) is 4.99 Å². The number of allylic oxidation sites excluding steroid dienone is 2. The lowest BCUT2D eigenvalue weighted by Gasteiger charge is -2.21. The second-order valence-electron chi connectivity index (χ2n) is 4.30. The van der Waals surface area contributed by atoms with Crippen molar-refractivity contribution in [2.45, 2.75) is 19.0 Å². The molecule has 1 atom stereocenters. The van der Waals surface area contributed by atoms with Gasteiger partial charge in [0.1, 0.15) is 5.83 Å². The number of hydrogen-bond acceptors (Lipinski definition) is 2. The van der Waals surface area contributed by atoms with Gasteiger partial charge in [0.25, 0.3) is 0 Å². The molecule has 0 amide bonds. The largest absolute Gasteiger partial charge is 0.330 e. The lowest BCUT2D eigenvalue weighted by molar-refractivity contribution is 0.480. The summed E-state index contributed by atoms with van der Waals surface area (Å²) in [6.45, 7) is 0.794. The molecule has 0 aromatic heterocycles. The van der Waals surface area contributed by atoms with Crippen molar-refractivity contribution in [3.05, 3.63) is 59.6 Å². The van der Waals surface area contributed by atoms with E-state index in [2.05, 4.69) is 22.0 Å². The summed E-state index contributed by atoms with van der Waals surface area (Å²) < 4.78 is 13.1. The van der Waals surface area contributed by atoms with Gasteiger partial charge in [0.05, 0.1) is 12.4 Å². The molecule has 0 bridgehead atoms. The first kappa shape index (κ1) is 10.3. The molecule has 1 aliphatic carbocycles.